The van der Waals surface area contributed by atoms with E-state index in [1.54, 1.807) is 18.3 Å². The minimum absolute atomic E-state index is 0.0868. The first kappa shape index (κ1) is 10.3. The highest BCUT2D eigenvalue weighted by molar-refractivity contribution is 9.10. The van der Waals surface area contributed by atoms with Gasteiger partial charge in [-0.15, -0.1) is 11.3 Å². The molecule has 0 aliphatic heterocycles. The Balaban J connectivity index is 2.41. The average Bonchev–Trinajstić information content (AvgIpc) is 2.65. The van der Waals surface area contributed by atoms with Crippen LogP contribution in [-0.4, -0.2) is 10.8 Å². The minimum Gasteiger partial charge on any atom is -0.398 e. The number of carbonyl (C=O) groups excluding carboxylic acids is 1. The van der Waals surface area contributed by atoms with Crippen LogP contribution >= 0.6 is 27.3 Å². The highest BCUT2D eigenvalue weighted by Crippen LogP contribution is 2.23. The van der Waals surface area contributed by atoms with Gasteiger partial charge in [0.2, 0.25) is 5.78 Å². The van der Waals surface area contributed by atoms with Gasteiger partial charge in [-0.3, -0.25) is 9.78 Å². The smallest absolute Gasteiger partial charge is 0.206 e. The van der Waals surface area contributed by atoms with Crippen LogP contribution in [0, 0.1) is 0 Å². The van der Waals surface area contributed by atoms with Crippen LogP contribution in [0.4, 0.5) is 5.69 Å². The van der Waals surface area contributed by atoms with Gasteiger partial charge in [-0.05, 0) is 28.1 Å². The molecule has 2 aromatic heterocycles. The van der Waals surface area contributed by atoms with E-state index in [1.807, 2.05) is 5.38 Å². The molecule has 2 aromatic rings. The van der Waals surface area contributed by atoms with Crippen molar-refractivity contribution in [1.29, 1.82) is 0 Å². The van der Waals surface area contributed by atoms with E-state index in [9.17, 15) is 4.79 Å². The van der Waals surface area contributed by atoms with Crippen molar-refractivity contribution >= 4 is 38.7 Å². The first-order chi connectivity index (χ1) is 7.18. The van der Waals surface area contributed by atoms with Gasteiger partial charge in [-0.1, -0.05) is 0 Å². The molecule has 2 heterocycles. The Labute approximate surface area is 99.1 Å². The van der Waals surface area contributed by atoms with Crippen molar-refractivity contribution in [1.82, 2.24) is 4.98 Å². The number of anilines is 1. The first-order valence-electron chi connectivity index (χ1n) is 4.16. The molecule has 0 saturated heterocycles. The van der Waals surface area contributed by atoms with E-state index in [2.05, 4.69) is 20.9 Å². The van der Waals surface area contributed by atoms with Crippen molar-refractivity contribution in [2.45, 2.75) is 0 Å². The summed E-state index contributed by atoms with van der Waals surface area (Å²) in [7, 11) is 0. The fourth-order valence-corrected chi connectivity index (χ4v) is 2.54. The molecular formula is C10H7BrN2OS. The maximum Gasteiger partial charge on any atom is 0.206 e. The summed E-state index contributed by atoms with van der Waals surface area (Å²) in [5, 5.41) is 1.86. The Hall–Kier alpha value is -1.20. The van der Waals surface area contributed by atoms with E-state index in [0.717, 1.165) is 4.47 Å². The largest absolute Gasteiger partial charge is 0.398 e. The summed E-state index contributed by atoms with van der Waals surface area (Å²) in [5.41, 5.74) is 6.61. The molecule has 3 nitrogen and oxygen atoms in total. The molecule has 0 atom stereocenters. The predicted molar refractivity (Wildman–Crippen MR) is 64.1 cm³/mol. The monoisotopic (exact) mass is 282 g/mol. The summed E-state index contributed by atoms with van der Waals surface area (Å²) in [5.74, 6) is -0.0868. The Morgan fingerprint density at radius 3 is 2.93 bits per heavy atom. The summed E-state index contributed by atoms with van der Waals surface area (Å²) in [4.78, 5) is 16.5. The predicted octanol–water partition coefficient (Wildman–Crippen LogP) is 2.72. The number of nitrogens with zero attached hydrogens (tertiary/aromatic N) is 1. The molecule has 0 amide bonds. The molecule has 76 valence electrons. The standard InChI is InChI=1S/C10H7BrN2OS/c11-6-3-9(15-5-6)10(14)7-4-13-2-1-8(7)12/h1-5H,(H2,12,13). The molecular weight excluding hydrogens is 276 g/mol. The molecule has 15 heavy (non-hydrogen) atoms. The summed E-state index contributed by atoms with van der Waals surface area (Å²) in [6, 6.07) is 3.40. The highest BCUT2D eigenvalue weighted by Gasteiger charge is 2.13. The number of pyridine rings is 1. The van der Waals surface area contributed by atoms with Crippen LogP contribution in [0.1, 0.15) is 15.2 Å². The Morgan fingerprint density at radius 1 is 1.53 bits per heavy atom. The van der Waals surface area contributed by atoms with Crippen LogP contribution in [0.2, 0.25) is 0 Å². The molecule has 0 unspecified atom stereocenters. The number of aromatic nitrogens is 1. The Bertz CT molecular complexity index is 510. The number of hydrogen-bond donors (Lipinski definition) is 1. The van der Waals surface area contributed by atoms with Gasteiger partial charge < -0.3 is 5.73 Å². The number of nitrogen functional groups attached to an aromatic ring is 1. The number of ketones is 1. The van der Waals surface area contributed by atoms with Crippen molar-refractivity contribution in [3.63, 3.8) is 0 Å². The van der Waals surface area contributed by atoms with Crippen molar-refractivity contribution in [2.24, 2.45) is 0 Å². The Kier molecular flexibility index (Phi) is 2.83. The van der Waals surface area contributed by atoms with Gasteiger partial charge >= 0.3 is 0 Å². The van der Waals surface area contributed by atoms with Gasteiger partial charge in [0.1, 0.15) is 0 Å². The van der Waals surface area contributed by atoms with Crippen LogP contribution in [-0.2, 0) is 0 Å². The molecule has 0 aliphatic carbocycles. The van der Waals surface area contributed by atoms with E-state index in [1.165, 1.54) is 17.5 Å². The summed E-state index contributed by atoms with van der Waals surface area (Å²) >= 11 is 4.68. The minimum atomic E-state index is -0.0868. The molecule has 0 saturated carbocycles. The maximum absolute atomic E-state index is 12.0. The second-order valence-electron chi connectivity index (χ2n) is 2.92. The van der Waals surface area contributed by atoms with Crippen LogP contribution in [0.25, 0.3) is 0 Å². The van der Waals surface area contributed by atoms with E-state index in [0.29, 0.717) is 16.1 Å². The van der Waals surface area contributed by atoms with Crippen molar-refractivity contribution < 1.29 is 4.79 Å². The van der Waals surface area contributed by atoms with Crippen LogP contribution in [0.5, 0.6) is 0 Å². The van der Waals surface area contributed by atoms with E-state index < -0.39 is 0 Å². The molecule has 5 heteroatoms. The van der Waals surface area contributed by atoms with Gasteiger partial charge in [-0.2, -0.15) is 0 Å². The van der Waals surface area contributed by atoms with Gasteiger partial charge in [-0.25, -0.2) is 0 Å². The number of thiophene rings is 1. The lowest BCUT2D eigenvalue weighted by atomic mass is 10.1. The molecule has 2 rings (SSSR count). The first-order valence-corrected chi connectivity index (χ1v) is 5.84. The van der Waals surface area contributed by atoms with Gasteiger partial charge in [0.15, 0.2) is 0 Å². The molecule has 2 N–H and O–H groups in total. The van der Waals surface area contributed by atoms with E-state index >= 15 is 0 Å². The second kappa shape index (κ2) is 4.12. The normalized spacial score (nSPS) is 10.2. The number of halogens is 1. The zero-order chi connectivity index (χ0) is 10.8. The van der Waals surface area contributed by atoms with Gasteiger partial charge in [0.25, 0.3) is 0 Å². The van der Waals surface area contributed by atoms with Crippen LogP contribution in [0.3, 0.4) is 0 Å². The van der Waals surface area contributed by atoms with Crippen molar-refractivity contribution in [3.05, 3.63) is 44.8 Å². The maximum atomic E-state index is 12.0. The van der Waals surface area contributed by atoms with E-state index in [-0.39, 0.29) is 5.78 Å². The molecule has 0 aliphatic rings. The number of carbonyl (C=O) groups is 1. The lowest BCUT2D eigenvalue weighted by Gasteiger charge is -2.00. The summed E-state index contributed by atoms with van der Waals surface area (Å²) in [6.45, 7) is 0. The molecule has 0 radical (unpaired) electrons. The Morgan fingerprint density at radius 2 is 2.33 bits per heavy atom. The molecule has 0 bridgehead atoms. The van der Waals surface area contributed by atoms with Crippen LogP contribution in [0.15, 0.2) is 34.4 Å². The number of rotatable bonds is 2. The highest BCUT2D eigenvalue weighted by atomic mass is 79.9. The van der Waals surface area contributed by atoms with Gasteiger partial charge in [0.05, 0.1) is 10.4 Å². The third kappa shape index (κ3) is 2.08. The quantitative estimate of drug-likeness (QED) is 0.862. The zero-order valence-corrected chi connectivity index (χ0v) is 10.0. The third-order valence-corrected chi connectivity index (χ3v) is 3.58. The third-order valence-electron chi connectivity index (χ3n) is 1.89. The van der Waals surface area contributed by atoms with Gasteiger partial charge in [0, 0.05) is 27.9 Å². The summed E-state index contributed by atoms with van der Waals surface area (Å²) < 4.78 is 0.901. The lowest BCUT2D eigenvalue weighted by molar-refractivity contribution is 0.104. The SMILES string of the molecule is Nc1ccncc1C(=O)c1cc(Br)cs1. The topological polar surface area (TPSA) is 56.0 Å². The van der Waals surface area contributed by atoms with Crippen molar-refractivity contribution in [2.75, 3.05) is 5.73 Å². The average molecular weight is 283 g/mol. The lowest BCUT2D eigenvalue weighted by Crippen LogP contribution is -2.03. The number of hydrogen-bond acceptors (Lipinski definition) is 4. The fraction of sp³-hybridized carbons (Fsp3) is 0. The van der Waals surface area contributed by atoms with Crippen LogP contribution < -0.4 is 5.73 Å². The zero-order valence-electron chi connectivity index (χ0n) is 7.61. The van der Waals surface area contributed by atoms with Crippen molar-refractivity contribution in [3.8, 4) is 0 Å². The molecule has 0 aromatic carbocycles. The fourth-order valence-electron chi connectivity index (χ4n) is 1.16. The van der Waals surface area contributed by atoms with E-state index in [4.69, 9.17) is 5.73 Å². The summed E-state index contributed by atoms with van der Waals surface area (Å²) in [6.07, 6.45) is 3.06. The molecule has 0 spiro atoms. The second-order valence-corrected chi connectivity index (χ2v) is 4.75. The number of nitrogens with two attached hydrogens (primary N) is 1. The molecule has 0 fully saturated rings.